The van der Waals surface area contributed by atoms with E-state index in [1.54, 1.807) is 6.92 Å². The highest BCUT2D eigenvalue weighted by Crippen LogP contribution is 2.19. The first kappa shape index (κ1) is 17.2. The minimum Gasteiger partial charge on any atom is -0.312 e. The van der Waals surface area contributed by atoms with Crippen LogP contribution in [-0.2, 0) is 16.3 Å². The minimum absolute atomic E-state index is 0.135. The third-order valence-corrected chi connectivity index (χ3v) is 6.21. The molecular formula is C16H27NO2S. The number of rotatable bonds is 8. The van der Waals surface area contributed by atoms with Crippen molar-refractivity contribution < 1.29 is 8.42 Å². The fourth-order valence-corrected chi connectivity index (χ4v) is 3.86. The molecule has 0 aliphatic heterocycles. The second kappa shape index (κ2) is 7.79. The number of benzene rings is 1. The number of sulfone groups is 1. The highest BCUT2D eigenvalue weighted by atomic mass is 32.2. The zero-order chi connectivity index (χ0) is 15.2. The molecular weight excluding hydrogens is 270 g/mol. The van der Waals surface area contributed by atoms with E-state index in [4.69, 9.17) is 0 Å². The van der Waals surface area contributed by atoms with Crippen LogP contribution < -0.4 is 5.32 Å². The van der Waals surface area contributed by atoms with Gasteiger partial charge in [-0.3, -0.25) is 0 Å². The van der Waals surface area contributed by atoms with Crippen LogP contribution in [0.3, 0.4) is 0 Å². The molecule has 0 aliphatic rings. The summed E-state index contributed by atoms with van der Waals surface area (Å²) in [4.78, 5) is 0. The van der Waals surface area contributed by atoms with E-state index < -0.39 is 9.84 Å². The van der Waals surface area contributed by atoms with Gasteiger partial charge in [0.25, 0.3) is 0 Å². The van der Waals surface area contributed by atoms with Crippen LogP contribution in [0.15, 0.2) is 24.3 Å². The fourth-order valence-electron chi connectivity index (χ4n) is 2.20. The summed E-state index contributed by atoms with van der Waals surface area (Å²) in [5.74, 6) is 0.158. The Labute approximate surface area is 123 Å². The van der Waals surface area contributed by atoms with Gasteiger partial charge in [-0.15, -0.1) is 0 Å². The molecule has 0 heterocycles. The van der Waals surface area contributed by atoms with Crippen LogP contribution in [0.2, 0.25) is 0 Å². The van der Waals surface area contributed by atoms with E-state index in [1.165, 1.54) is 5.56 Å². The normalized spacial score (nSPS) is 15.0. The summed E-state index contributed by atoms with van der Waals surface area (Å²) in [6.45, 7) is 5.85. The van der Waals surface area contributed by atoms with Gasteiger partial charge < -0.3 is 5.32 Å². The van der Waals surface area contributed by atoms with Gasteiger partial charge in [-0.1, -0.05) is 44.5 Å². The molecule has 0 amide bonds. The maximum absolute atomic E-state index is 12.2. The fraction of sp³-hybridized carbons (Fsp3) is 0.625. The molecule has 0 radical (unpaired) electrons. The molecule has 0 spiro atoms. The molecule has 2 atom stereocenters. The molecule has 1 N–H and O–H groups in total. The van der Waals surface area contributed by atoms with Gasteiger partial charge in [-0.05, 0) is 37.9 Å². The first-order chi connectivity index (χ1) is 9.44. The summed E-state index contributed by atoms with van der Waals surface area (Å²) < 4.78 is 24.5. The van der Waals surface area contributed by atoms with Crippen molar-refractivity contribution in [2.75, 3.05) is 12.8 Å². The molecule has 1 aromatic carbocycles. The van der Waals surface area contributed by atoms with Gasteiger partial charge in [-0.2, -0.15) is 0 Å². The van der Waals surface area contributed by atoms with E-state index in [0.717, 1.165) is 18.4 Å². The van der Waals surface area contributed by atoms with Crippen LogP contribution >= 0.6 is 0 Å². The van der Waals surface area contributed by atoms with Crippen LogP contribution in [0, 0.1) is 0 Å². The van der Waals surface area contributed by atoms with Crippen molar-refractivity contribution in [1.29, 1.82) is 0 Å². The predicted octanol–water partition coefficient (Wildman–Crippen LogP) is 3.11. The Morgan fingerprint density at radius 1 is 1.15 bits per heavy atom. The van der Waals surface area contributed by atoms with Crippen LogP contribution in [0.1, 0.15) is 50.8 Å². The Kier molecular flexibility index (Phi) is 6.69. The summed E-state index contributed by atoms with van der Waals surface area (Å²) >= 11 is 0. The highest BCUT2D eigenvalue weighted by molar-refractivity contribution is 7.92. The Morgan fingerprint density at radius 2 is 1.75 bits per heavy atom. The minimum atomic E-state index is -3.05. The Balaban J connectivity index is 2.85. The lowest BCUT2D eigenvalue weighted by Gasteiger charge is -2.19. The molecule has 20 heavy (non-hydrogen) atoms. The molecule has 0 aliphatic carbocycles. The third-order valence-electron chi connectivity index (χ3n) is 3.86. The second-order valence-electron chi connectivity index (χ2n) is 5.38. The molecule has 114 valence electrons. The predicted molar refractivity (Wildman–Crippen MR) is 85.8 cm³/mol. The lowest BCUT2D eigenvalue weighted by Crippen LogP contribution is -2.30. The molecule has 3 nitrogen and oxygen atoms in total. The molecule has 0 saturated heterocycles. The maximum atomic E-state index is 12.2. The van der Waals surface area contributed by atoms with Crippen molar-refractivity contribution in [1.82, 2.24) is 5.32 Å². The molecule has 0 aromatic heterocycles. The van der Waals surface area contributed by atoms with Crippen molar-refractivity contribution in [3.05, 3.63) is 35.4 Å². The zero-order valence-electron chi connectivity index (χ0n) is 13.0. The Bertz CT molecular complexity index is 494. The monoisotopic (exact) mass is 297 g/mol. The number of aryl methyl sites for hydroxylation is 1. The average molecular weight is 297 g/mol. The summed E-state index contributed by atoms with van der Waals surface area (Å²) in [6.07, 6.45) is 2.85. The van der Waals surface area contributed by atoms with Gasteiger partial charge >= 0.3 is 0 Å². The summed E-state index contributed by atoms with van der Waals surface area (Å²) in [5, 5.41) is 2.85. The number of hydrogen-bond acceptors (Lipinski definition) is 3. The molecule has 2 unspecified atom stereocenters. The van der Waals surface area contributed by atoms with Gasteiger partial charge in [0.1, 0.15) is 0 Å². The smallest absolute Gasteiger partial charge is 0.154 e. The van der Waals surface area contributed by atoms with Crippen molar-refractivity contribution in [3.63, 3.8) is 0 Å². The SMILES string of the molecule is CCCc1ccc(C(CS(=O)(=O)C(C)CC)NC)cc1. The van der Waals surface area contributed by atoms with E-state index in [0.29, 0.717) is 6.42 Å². The lowest BCUT2D eigenvalue weighted by molar-refractivity contribution is 0.561. The molecule has 1 aromatic rings. The van der Waals surface area contributed by atoms with E-state index in [-0.39, 0.29) is 17.0 Å². The molecule has 4 heteroatoms. The average Bonchev–Trinajstić information content (AvgIpc) is 2.45. The largest absolute Gasteiger partial charge is 0.312 e. The number of hydrogen-bond donors (Lipinski definition) is 1. The number of nitrogens with one attached hydrogen (secondary N) is 1. The Morgan fingerprint density at radius 3 is 2.20 bits per heavy atom. The van der Waals surface area contributed by atoms with Gasteiger partial charge in [0.15, 0.2) is 9.84 Å². The van der Waals surface area contributed by atoms with Crippen LogP contribution in [0.5, 0.6) is 0 Å². The molecule has 0 bridgehead atoms. The summed E-state index contributed by atoms with van der Waals surface area (Å²) in [6, 6.07) is 8.14. The Hall–Kier alpha value is -0.870. The van der Waals surface area contributed by atoms with Crippen LogP contribution in [0.4, 0.5) is 0 Å². The summed E-state index contributed by atoms with van der Waals surface area (Å²) in [5.41, 5.74) is 2.34. The second-order valence-corrected chi connectivity index (χ2v) is 7.85. The van der Waals surface area contributed by atoms with Crippen molar-refractivity contribution >= 4 is 9.84 Å². The maximum Gasteiger partial charge on any atom is 0.154 e. The van der Waals surface area contributed by atoms with Gasteiger partial charge in [-0.25, -0.2) is 8.42 Å². The first-order valence-corrected chi connectivity index (χ1v) is 9.13. The third kappa shape index (κ3) is 4.60. The van der Waals surface area contributed by atoms with E-state index in [1.807, 2.05) is 26.1 Å². The van der Waals surface area contributed by atoms with E-state index >= 15 is 0 Å². The standard InChI is InChI=1S/C16H27NO2S/c1-5-7-14-8-10-15(11-9-14)16(17-4)12-20(18,19)13(3)6-2/h8-11,13,16-17H,5-7,12H2,1-4H3. The van der Waals surface area contributed by atoms with Crippen molar-refractivity contribution in [2.24, 2.45) is 0 Å². The summed E-state index contributed by atoms with van der Waals surface area (Å²) in [7, 11) is -1.24. The van der Waals surface area contributed by atoms with Crippen LogP contribution in [-0.4, -0.2) is 26.5 Å². The van der Waals surface area contributed by atoms with Crippen molar-refractivity contribution in [3.8, 4) is 0 Å². The van der Waals surface area contributed by atoms with E-state index in [2.05, 4.69) is 24.4 Å². The van der Waals surface area contributed by atoms with Crippen molar-refractivity contribution in [2.45, 2.75) is 51.3 Å². The topological polar surface area (TPSA) is 46.2 Å². The van der Waals surface area contributed by atoms with E-state index in [9.17, 15) is 8.42 Å². The highest BCUT2D eigenvalue weighted by Gasteiger charge is 2.24. The zero-order valence-corrected chi connectivity index (χ0v) is 13.8. The van der Waals surface area contributed by atoms with Gasteiger partial charge in [0, 0.05) is 6.04 Å². The van der Waals surface area contributed by atoms with Crippen LogP contribution in [0.25, 0.3) is 0 Å². The lowest BCUT2D eigenvalue weighted by atomic mass is 10.0. The quantitative estimate of drug-likeness (QED) is 0.802. The first-order valence-electron chi connectivity index (χ1n) is 7.42. The van der Waals surface area contributed by atoms with Gasteiger partial charge in [0.2, 0.25) is 0 Å². The molecule has 0 fully saturated rings. The molecule has 0 saturated carbocycles. The van der Waals surface area contributed by atoms with Gasteiger partial charge in [0.05, 0.1) is 11.0 Å². The molecule has 1 rings (SSSR count).